The van der Waals surface area contributed by atoms with Crippen LogP contribution < -0.4 is 0 Å². The number of allylic oxidation sites excluding steroid dienone is 4. The Morgan fingerprint density at radius 3 is 2.86 bits per heavy atom. The van der Waals surface area contributed by atoms with Crippen molar-refractivity contribution in [2.75, 3.05) is 0 Å². The summed E-state index contributed by atoms with van der Waals surface area (Å²) < 4.78 is 0. The molecule has 0 saturated carbocycles. The summed E-state index contributed by atoms with van der Waals surface area (Å²) in [6.45, 7) is 6.94. The molecule has 0 spiro atoms. The predicted octanol–water partition coefficient (Wildman–Crippen LogP) is 5.85. The molecule has 1 atom stereocenters. The minimum atomic E-state index is 0.166. The van der Waals surface area contributed by atoms with E-state index in [1.54, 1.807) is 0 Å². The monoisotopic (exact) mass is 295 g/mol. The Bertz CT molecular complexity index is 565. The highest BCUT2D eigenvalue weighted by Gasteiger charge is 2.27. The summed E-state index contributed by atoms with van der Waals surface area (Å²) in [5.74, 6) is 0.701. The van der Waals surface area contributed by atoms with Gasteiger partial charge in [0.2, 0.25) is 0 Å². The topological polar surface area (TPSA) is 23.9 Å². The maximum Gasteiger partial charge on any atom is 0.0174 e. The number of benzene rings is 1. The maximum atomic E-state index is 7.08. The Kier molecular flexibility index (Phi) is 5.76. The van der Waals surface area contributed by atoms with Crippen molar-refractivity contribution in [3.8, 4) is 0 Å². The van der Waals surface area contributed by atoms with Crippen molar-refractivity contribution in [2.45, 2.75) is 58.3 Å². The van der Waals surface area contributed by atoms with Crippen LogP contribution in [0.5, 0.6) is 0 Å². The van der Waals surface area contributed by atoms with E-state index < -0.39 is 0 Å². The Labute approximate surface area is 135 Å². The Hall–Kier alpha value is -1.63. The molecular weight excluding hydrogens is 266 g/mol. The Morgan fingerprint density at radius 1 is 1.32 bits per heavy atom. The lowest BCUT2D eigenvalue weighted by Crippen LogP contribution is -2.23. The molecule has 1 heteroatoms. The lowest BCUT2D eigenvalue weighted by molar-refractivity contribution is 0.481. The third-order valence-corrected chi connectivity index (χ3v) is 4.56. The van der Waals surface area contributed by atoms with E-state index in [4.69, 9.17) is 5.41 Å². The van der Waals surface area contributed by atoms with Gasteiger partial charge in [-0.25, -0.2) is 0 Å². The molecule has 2 rings (SSSR count). The molecule has 0 radical (unpaired) electrons. The fourth-order valence-electron chi connectivity index (χ4n) is 3.48. The van der Waals surface area contributed by atoms with Crippen LogP contribution in [0.25, 0.3) is 0 Å². The Balaban J connectivity index is 2.23. The first kappa shape index (κ1) is 16.7. The summed E-state index contributed by atoms with van der Waals surface area (Å²) in [5, 5.41) is 7.08. The first-order chi connectivity index (χ1) is 10.5. The molecular formula is C21H29N. The molecule has 0 aromatic heterocycles. The molecule has 0 saturated heterocycles. The molecule has 1 nitrogen and oxygen atoms in total. The van der Waals surface area contributed by atoms with Crippen LogP contribution >= 0.6 is 0 Å². The van der Waals surface area contributed by atoms with Crippen LogP contribution in [0.15, 0.2) is 48.1 Å². The summed E-state index contributed by atoms with van der Waals surface area (Å²) in [4.78, 5) is 0. The minimum Gasteiger partial charge on any atom is -0.309 e. The fourth-order valence-corrected chi connectivity index (χ4v) is 3.48. The van der Waals surface area contributed by atoms with Gasteiger partial charge in [-0.05, 0) is 55.2 Å². The van der Waals surface area contributed by atoms with Crippen molar-refractivity contribution in [1.29, 1.82) is 5.41 Å². The van der Waals surface area contributed by atoms with E-state index in [0.29, 0.717) is 5.92 Å². The third-order valence-electron chi connectivity index (χ3n) is 4.56. The zero-order valence-electron chi connectivity index (χ0n) is 14.2. The molecule has 1 aromatic rings. The van der Waals surface area contributed by atoms with Crippen molar-refractivity contribution < 1.29 is 0 Å². The highest BCUT2D eigenvalue weighted by Crippen LogP contribution is 2.38. The lowest BCUT2D eigenvalue weighted by atomic mass is 9.72. The van der Waals surface area contributed by atoms with Gasteiger partial charge >= 0.3 is 0 Å². The number of nitrogens with one attached hydrogen (secondary N) is 1. The molecule has 0 heterocycles. The van der Waals surface area contributed by atoms with E-state index in [1.807, 2.05) is 6.08 Å². The second-order valence-electron chi connectivity index (χ2n) is 7.17. The zero-order valence-corrected chi connectivity index (χ0v) is 14.2. The van der Waals surface area contributed by atoms with Crippen molar-refractivity contribution in [3.63, 3.8) is 0 Å². The minimum absolute atomic E-state index is 0.166. The van der Waals surface area contributed by atoms with E-state index in [2.05, 4.69) is 57.2 Å². The normalized spacial score (nSPS) is 22.1. The van der Waals surface area contributed by atoms with Crippen LogP contribution in [-0.4, -0.2) is 6.21 Å². The molecule has 0 unspecified atom stereocenters. The van der Waals surface area contributed by atoms with Gasteiger partial charge in [0.15, 0.2) is 0 Å². The summed E-state index contributed by atoms with van der Waals surface area (Å²) in [7, 11) is 0. The molecule has 1 aliphatic rings. The van der Waals surface area contributed by atoms with Gasteiger partial charge in [0, 0.05) is 11.6 Å². The average molecular weight is 295 g/mol. The van der Waals surface area contributed by atoms with E-state index >= 15 is 0 Å². The van der Waals surface area contributed by atoms with Crippen LogP contribution in [0.4, 0.5) is 0 Å². The smallest absolute Gasteiger partial charge is 0.0174 e. The molecule has 118 valence electrons. The molecule has 0 amide bonds. The van der Waals surface area contributed by atoms with Crippen LogP contribution in [0.1, 0.15) is 57.6 Å². The third kappa shape index (κ3) is 4.43. The van der Waals surface area contributed by atoms with E-state index in [-0.39, 0.29) is 5.41 Å². The summed E-state index contributed by atoms with van der Waals surface area (Å²) in [6.07, 6.45) is 13.6. The van der Waals surface area contributed by atoms with Gasteiger partial charge in [0.05, 0.1) is 0 Å². The Morgan fingerprint density at radius 2 is 2.14 bits per heavy atom. The standard InChI is InChI=1S/C21H29N/c1-17(2)14-19-9-6-11-20(15-19)21(3)12-7-10-18(16-21)8-4-5-13-22/h4-6,9,11,13,15-17,22H,7-8,10,12,14H2,1-3H3/b5-4-,22-13?/t21-/m1/s1. The predicted molar refractivity (Wildman–Crippen MR) is 96.8 cm³/mol. The van der Waals surface area contributed by atoms with E-state index in [9.17, 15) is 0 Å². The lowest BCUT2D eigenvalue weighted by Gasteiger charge is -2.32. The second-order valence-corrected chi connectivity index (χ2v) is 7.17. The first-order valence-electron chi connectivity index (χ1n) is 8.49. The number of hydrogen-bond donors (Lipinski definition) is 1. The molecule has 1 aromatic carbocycles. The van der Waals surface area contributed by atoms with E-state index in [0.717, 1.165) is 12.8 Å². The largest absolute Gasteiger partial charge is 0.309 e. The van der Waals surface area contributed by atoms with Gasteiger partial charge in [0.25, 0.3) is 0 Å². The maximum absolute atomic E-state index is 7.08. The van der Waals surface area contributed by atoms with Crippen molar-refractivity contribution in [3.05, 3.63) is 59.2 Å². The number of rotatable bonds is 6. The van der Waals surface area contributed by atoms with Gasteiger partial charge in [-0.2, -0.15) is 0 Å². The van der Waals surface area contributed by atoms with Crippen molar-refractivity contribution in [1.82, 2.24) is 0 Å². The fraction of sp³-hybridized carbons (Fsp3) is 0.476. The quantitative estimate of drug-likeness (QED) is 0.503. The van der Waals surface area contributed by atoms with Gasteiger partial charge in [-0.1, -0.05) is 62.8 Å². The number of hydrogen-bond acceptors (Lipinski definition) is 1. The summed E-state index contributed by atoms with van der Waals surface area (Å²) in [6, 6.07) is 9.17. The second kappa shape index (κ2) is 7.58. The van der Waals surface area contributed by atoms with E-state index in [1.165, 1.54) is 42.2 Å². The van der Waals surface area contributed by atoms with Gasteiger partial charge < -0.3 is 5.41 Å². The van der Waals surface area contributed by atoms with Crippen LogP contribution in [-0.2, 0) is 11.8 Å². The molecule has 0 bridgehead atoms. The molecule has 0 fully saturated rings. The molecule has 1 N–H and O–H groups in total. The first-order valence-corrected chi connectivity index (χ1v) is 8.49. The molecule has 0 aliphatic heterocycles. The van der Waals surface area contributed by atoms with Crippen molar-refractivity contribution in [2.24, 2.45) is 5.92 Å². The van der Waals surface area contributed by atoms with Gasteiger partial charge in [-0.15, -0.1) is 0 Å². The van der Waals surface area contributed by atoms with Gasteiger partial charge in [-0.3, -0.25) is 0 Å². The highest BCUT2D eigenvalue weighted by molar-refractivity contribution is 5.67. The molecule has 22 heavy (non-hydrogen) atoms. The van der Waals surface area contributed by atoms with Gasteiger partial charge in [0.1, 0.15) is 0 Å². The van der Waals surface area contributed by atoms with Crippen LogP contribution in [0.3, 0.4) is 0 Å². The van der Waals surface area contributed by atoms with Crippen LogP contribution in [0, 0.1) is 11.3 Å². The summed E-state index contributed by atoms with van der Waals surface area (Å²) >= 11 is 0. The zero-order chi connectivity index (χ0) is 16.0. The average Bonchev–Trinajstić information content (AvgIpc) is 2.47. The SMILES string of the molecule is CC(C)Cc1cccc([C@@]2(C)C=C(C/C=C\C=N)CCC2)c1. The van der Waals surface area contributed by atoms with Crippen LogP contribution in [0.2, 0.25) is 0 Å². The molecule has 1 aliphatic carbocycles. The van der Waals surface area contributed by atoms with Crippen molar-refractivity contribution >= 4 is 6.21 Å². The highest BCUT2D eigenvalue weighted by atomic mass is 14.3. The summed E-state index contributed by atoms with van der Waals surface area (Å²) in [5.41, 5.74) is 4.59.